The average molecular weight is 277 g/mol. The lowest BCUT2D eigenvalue weighted by atomic mass is 10.1. The van der Waals surface area contributed by atoms with Crippen LogP contribution in [0.15, 0.2) is 18.2 Å². The number of nitrogens with one attached hydrogen (secondary N) is 1. The molecule has 1 aliphatic carbocycles. The molecule has 0 spiro atoms. The normalized spacial score (nSPS) is 15.7. The van der Waals surface area contributed by atoms with Crippen LogP contribution in [0.3, 0.4) is 0 Å². The fraction of sp³-hybridized carbons (Fsp3) is 0.562. The van der Waals surface area contributed by atoms with Crippen molar-refractivity contribution in [3.05, 3.63) is 34.9 Å². The molecule has 2 rings (SSSR count). The lowest BCUT2D eigenvalue weighted by molar-refractivity contribution is 0.0955. The molecule has 1 aliphatic rings. The fourth-order valence-corrected chi connectivity index (χ4v) is 3.83. The molecule has 19 heavy (non-hydrogen) atoms. The van der Waals surface area contributed by atoms with Crippen LogP contribution in [0.1, 0.15) is 47.2 Å². The van der Waals surface area contributed by atoms with Crippen LogP contribution < -0.4 is 5.32 Å². The van der Waals surface area contributed by atoms with Crippen LogP contribution in [0.25, 0.3) is 0 Å². The summed E-state index contributed by atoms with van der Waals surface area (Å²) in [7, 11) is 0. The number of benzene rings is 1. The maximum absolute atomic E-state index is 12.1. The first kappa shape index (κ1) is 14.4. The van der Waals surface area contributed by atoms with Crippen molar-refractivity contribution in [3.8, 4) is 0 Å². The van der Waals surface area contributed by atoms with Gasteiger partial charge in [0.25, 0.3) is 5.91 Å². The van der Waals surface area contributed by atoms with Crippen molar-refractivity contribution in [3.63, 3.8) is 0 Å². The summed E-state index contributed by atoms with van der Waals surface area (Å²) in [4.78, 5) is 12.1. The molecule has 0 heterocycles. The number of hydrogen-bond acceptors (Lipinski definition) is 2. The number of hydrogen-bond donors (Lipinski definition) is 1. The molecule has 0 aromatic heterocycles. The molecule has 1 aromatic carbocycles. The Morgan fingerprint density at radius 2 is 2.05 bits per heavy atom. The molecular weight excluding hydrogens is 254 g/mol. The van der Waals surface area contributed by atoms with E-state index in [0.717, 1.165) is 28.7 Å². The molecular formula is C16H23NOS. The summed E-state index contributed by atoms with van der Waals surface area (Å²) in [5, 5.41) is 3.85. The number of carbonyl (C=O) groups is 1. The highest BCUT2D eigenvalue weighted by atomic mass is 32.2. The lowest BCUT2D eigenvalue weighted by Crippen LogP contribution is -2.26. The summed E-state index contributed by atoms with van der Waals surface area (Å²) in [5.74, 6) is 1.09. The second kappa shape index (κ2) is 6.99. The second-order valence-corrected chi connectivity index (χ2v) is 6.76. The van der Waals surface area contributed by atoms with Crippen molar-refractivity contribution in [1.82, 2.24) is 5.32 Å². The molecule has 0 unspecified atom stereocenters. The summed E-state index contributed by atoms with van der Waals surface area (Å²) < 4.78 is 0. The Balaban J connectivity index is 1.74. The standard InChI is InChI=1S/C16H23NOS/c1-12-7-8-15(13(2)11-12)16(18)17-9-10-19-14-5-3-4-6-14/h7-8,11,14H,3-6,9-10H2,1-2H3,(H,17,18). The van der Waals surface area contributed by atoms with Crippen molar-refractivity contribution in [2.75, 3.05) is 12.3 Å². The van der Waals surface area contributed by atoms with E-state index in [4.69, 9.17) is 0 Å². The number of amides is 1. The van der Waals surface area contributed by atoms with E-state index < -0.39 is 0 Å². The number of thioether (sulfide) groups is 1. The maximum Gasteiger partial charge on any atom is 0.251 e. The quantitative estimate of drug-likeness (QED) is 0.831. The van der Waals surface area contributed by atoms with Gasteiger partial charge < -0.3 is 5.32 Å². The largest absolute Gasteiger partial charge is 0.351 e. The van der Waals surface area contributed by atoms with Gasteiger partial charge in [-0.15, -0.1) is 0 Å². The van der Waals surface area contributed by atoms with Crippen molar-refractivity contribution in [2.24, 2.45) is 0 Å². The third-order valence-corrected chi connectivity index (χ3v) is 5.05. The molecule has 1 N–H and O–H groups in total. The minimum absolute atomic E-state index is 0.0597. The van der Waals surface area contributed by atoms with Crippen molar-refractivity contribution >= 4 is 17.7 Å². The summed E-state index contributed by atoms with van der Waals surface area (Å²) in [5.41, 5.74) is 3.06. The minimum atomic E-state index is 0.0597. The van der Waals surface area contributed by atoms with Gasteiger partial charge >= 0.3 is 0 Å². The van der Waals surface area contributed by atoms with Crippen molar-refractivity contribution in [2.45, 2.75) is 44.8 Å². The van der Waals surface area contributed by atoms with Gasteiger partial charge in [0.05, 0.1) is 0 Å². The highest BCUT2D eigenvalue weighted by Crippen LogP contribution is 2.28. The van der Waals surface area contributed by atoms with Crippen molar-refractivity contribution < 1.29 is 4.79 Å². The Kier molecular flexibility index (Phi) is 5.32. The monoisotopic (exact) mass is 277 g/mol. The Morgan fingerprint density at radius 3 is 2.74 bits per heavy atom. The van der Waals surface area contributed by atoms with E-state index >= 15 is 0 Å². The molecule has 1 aromatic rings. The van der Waals surface area contributed by atoms with Gasteiger partial charge in [0.1, 0.15) is 0 Å². The second-order valence-electron chi connectivity index (χ2n) is 5.35. The van der Waals surface area contributed by atoms with Gasteiger partial charge in [-0.3, -0.25) is 4.79 Å². The van der Waals surface area contributed by atoms with Crippen LogP contribution >= 0.6 is 11.8 Å². The molecule has 0 atom stereocenters. The lowest BCUT2D eigenvalue weighted by Gasteiger charge is -2.10. The van der Waals surface area contributed by atoms with Gasteiger partial charge in [0.2, 0.25) is 0 Å². The van der Waals surface area contributed by atoms with Gasteiger partial charge in [-0.2, -0.15) is 11.8 Å². The molecule has 0 saturated heterocycles. The van der Waals surface area contributed by atoms with Crippen LogP contribution in [0.2, 0.25) is 0 Å². The van der Waals surface area contributed by atoms with Crippen LogP contribution in [-0.4, -0.2) is 23.5 Å². The zero-order chi connectivity index (χ0) is 13.7. The molecule has 2 nitrogen and oxygen atoms in total. The Hall–Kier alpha value is -0.960. The first-order chi connectivity index (χ1) is 9.16. The number of rotatable bonds is 5. The number of aryl methyl sites for hydroxylation is 2. The predicted molar refractivity (Wildman–Crippen MR) is 83.0 cm³/mol. The third kappa shape index (κ3) is 4.27. The molecule has 1 fully saturated rings. The summed E-state index contributed by atoms with van der Waals surface area (Å²) >= 11 is 2.01. The molecule has 0 aliphatic heterocycles. The van der Waals surface area contributed by atoms with Crippen LogP contribution in [-0.2, 0) is 0 Å². The topological polar surface area (TPSA) is 29.1 Å². The predicted octanol–water partition coefficient (Wildman–Crippen LogP) is 3.71. The van der Waals surface area contributed by atoms with Gasteiger partial charge in [-0.05, 0) is 38.3 Å². The molecule has 0 bridgehead atoms. The zero-order valence-electron chi connectivity index (χ0n) is 11.9. The van der Waals surface area contributed by atoms with E-state index in [0.29, 0.717) is 0 Å². The van der Waals surface area contributed by atoms with Crippen LogP contribution in [0, 0.1) is 13.8 Å². The SMILES string of the molecule is Cc1ccc(C(=O)NCCSC2CCCC2)c(C)c1. The zero-order valence-corrected chi connectivity index (χ0v) is 12.7. The van der Waals surface area contributed by atoms with Crippen molar-refractivity contribution in [1.29, 1.82) is 0 Å². The molecule has 3 heteroatoms. The fourth-order valence-electron chi connectivity index (χ4n) is 2.61. The van der Waals surface area contributed by atoms with E-state index in [9.17, 15) is 4.79 Å². The van der Waals surface area contributed by atoms with Gasteiger partial charge in [0.15, 0.2) is 0 Å². The van der Waals surface area contributed by atoms with Gasteiger partial charge in [-0.25, -0.2) is 0 Å². The third-order valence-electron chi connectivity index (χ3n) is 3.67. The molecule has 104 valence electrons. The highest BCUT2D eigenvalue weighted by molar-refractivity contribution is 7.99. The highest BCUT2D eigenvalue weighted by Gasteiger charge is 2.15. The minimum Gasteiger partial charge on any atom is -0.351 e. The molecule has 1 saturated carbocycles. The smallest absolute Gasteiger partial charge is 0.251 e. The Morgan fingerprint density at radius 1 is 1.32 bits per heavy atom. The van der Waals surface area contributed by atoms with Gasteiger partial charge in [0, 0.05) is 23.1 Å². The van der Waals surface area contributed by atoms with Gasteiger partial charge in [-0.1, -0.05) is 30.5 Å². The first-order valence-electron chi connectivity index (χ1n) is 7.14. The van der Waals surface area contributed by atoms with E-state index in [1.165, 1.54) is 31.2 Å². The van der Waals surface area contributed by atoms with E-state index in [1.807, 2.05) is 37.7 Å². The summed E-state index contributed by atoms with van der Waals surface area (Å²) in [6, 6.07) is 5.97. The number of carbonyl (C=O) groups excluding carboxylic acids is 1. The first-order valence-corrected chi connectivity index (χ1v) is 8.19. The average Bonchev–Trinajstić information content (AvgIpc) is 2.87. The Labute approximate surface area is 120 Å². The van der Waals surface area contributed by atoms with E-state index in [1.54, 1.807) is 0 Å². The maximum atomic E-state index is 12.1. The van der Waals surface area contributed by atoms with E-state index in [-0.39, 0.29) is 5.91 Å². The van der Waals surface area contributed by atoms with E-state index in [2.05, 4.69) is 11.4 Å². The Bertz CT molecular complexity index is 438. The van der Waals surface area contributed by atoms with Crippen LogP contribution in [0.5, 0.6) is 0 Å². The van der Waals surface area contributed by atoms with Crippen LogP contribution in [0.4, 0.5) is 0 Å². The summed E-state index contributed by atoms with van der Waals surface area (Å²) in [6.45, 7) is 4.81. The summed E-state index contributed by atoms with van der Waals surface area (Å²) in [6.07, 6.45) is 5.48. The molecule has 0 radical (unpaired) electrons. The molecule has 1 amide bonds.